The Kier molecular flexibility index (Phi) is 3.14. The molecule has 5 heteroatoms. The van der Waals surface area contributed by atoms with Crippen molar-refractivity contribution in [1.29, 1.82) is 0 Å². The van der Waals surface area contributed by atoms with Gasteiger partial charge in [0.2, 0.25) is 0 Å². The van der Waals surface area contributed by atoms with Crippen molar-refractivity contribution in [2.24, 2.45) is 5.92 Å². The van der Waals surface area contributed by atoms with Gasteiger partial charge in [-0.1, -0.05) is 6.92 Å². The Morgan fingerprint density at radius 2 is 2.20 bits per heavy atom. The molecule has 0 bridgehead atoms. The predicted molar refractivity (Wildman–Crippen MR) is 51.1 cm³/mol. The highest BCUT2D eigenvalue weighted by molar-refractivity contribution is 5.81. The third-order valence-electron chi connectivity index (χ3n) is 2.41. The largest absolute Gasteiger partial charge is 0.490 e. The van der Waals surface area contributed by atoms with Crippen LogP contribution in [-0.2, 0) is 14.3 Å². The fourth-order valence-corrected chi connectivity index (χ4v) is 1.55. The average molecular weight is 212 g/mol. The molecule has 1 aliphatic rings. The molecular weight excluding hydrogens is 200 g/mol. The molecule has 82 valence electrons. The maximum Gasteiger partial charge on any atom is 0.328 e. The van der Waals surface area contributed by atoms with Gasteiger partial charge in [0.1, 0.15) is 11.5 Å². The first kappa shape index (κ1) is 11.3. The van der Waals surface area contributed by atoms with E-state index in [1.54, 1.807) is 6.92 Å². The highest BCUT2D eigenvalue weighted by atomic mass is 16.5. The van der Waals surface area contributed by atoms with Gasteiger partial charge in [0.25, 0.3) is 0 Å². The summed E-state index contributed by atoms with van der Waals surface area (Å²) < 4.78 is 5.20. The van der Waals surface area contributed by atoms with Crippen LogP contribution in [0.4, 0.5) is 0 Å². The lowest BCUT2D eigenvalue weighted by atomic mass is 9.86. The zero-order chi connectivity index (χ0) is 11.5. The Morgan fingerprint density at radius 1 is 1.53 bits per heavy atom. The molecule has 0 spiro atoms. The smallest absolute Gasteiger partial charge is 0.328 e. The van der Waals surface area contributed by atoms with Crippen LogP contribution in [0.2, 0.25) is 0 Å². The Labute approximate surface area is 86.7 Å². The van der Waals surface area contributed by atoms with Gasteiger partial charge < -0.3 is 14.9 Å². The van der Waals surface area contributed by atoms with E-state index in [1.807, 2.05) is 0 Å². The molecule has 0 saturated carbocycles. The molecule has 0 radical (unpaired) electrons. The van der Waals surface area contributed by atoms with E-state index in [-0.39, 0.29) is 0 Å². The van der Waals surface area contributed by atoms with Crippen LogP contribution in [0.5, 0.6) is 0 Å². The van der Waals surface area contributed by atoms with Crippen molar-refractivity contribution in [3.63, 3.8) is 0 Å². The van der Waals surface area contributed by atoms with Gasteiger partial charge in [-0.3, -0.25) is 4.79 Å². The number of hydrogen-bond acceptors (Lipinski definition) is 3. The minimum atomic E-state index is -1.12. The summed E-state index contributed by atoms with van der Waals surface area (Å²) >= 11 is 0. The normalized spacial score (nSPS) is 29.3. The lowest BCUT2D eigenvalue weighted by Crippen LogP contribution is -2.37. The molecule has 1 rings (SSSR count). The van der Waals surface area contributed by atoms with Gasteiger partial charge in [0.05, 0.1) is 6.26 Å². The molecule has 0 aromatic carbocycles. The zero-order valence-corrected chi connectivity index (χ0v) is 8.21. The molecule has 0 aliphatic carbocycles. The van der Waals surface area contributed by atoms with Crippen molar-refractivity contribution in [2.45, 2.75) is 18.9 Å². The molecule has 0 aromatic rings. The van der Waals surface area contributed by atoms with Gasteiger partial charge in [0, 0.05) is 6.08 Å². The highest BCUT2D eigenvalue weighted by Crippen LogP contribution is 2.34. The minimum Gasteiger partial charge on any atom is -0.490 e. The SMILES string of the molecule is CCC1(C=CC(=O)O)OC=CC1C(=O)O. The van der Waals surface area contributed by atoms with Crippen LogP contribution >= 0.6 is 0 Å². The van der Waals surface area contributed by atoms with Crippen molar-refractivity contribution >= 4 is 11.9 Å². The zero-order valence-electron chi connectivity index (χ0n) is 8.21. The predicted octanol–water partition coefficient (Wildman–Crippen LogP) is 1.02. The van der Waals surface area contributed by atoms with Crippen molar-refractivity contribution in [3.05, 3.63) is 24.5 Å². The monoisotopic (exact) mass is 212 g/mol. The van der Waals surface area contributed by atoms with Crippen LogP contribution in [0, 0.1) is 5.92 Å². The van der Waals surface area contributed by atoms with Gasteiger partial charge in [-0.05, 0) is 18.6 Å². The summed E-state index contributed by atoms with van der Waals surface area (Å²) in [5.74, 6) is -2.98. The summed E-state index contributed by atoms with van der Waals surface area (Å²) in [6.45, 7) is 1.75. The van der Waals surface area contributed by atoms with E-state index in [2.05, 4.69) is 0 Å². The third-order valence-corrected chi connectivity index (χ3v) is 2.41. The Balaban J connectivity index is 2.94. The summed E-state index contributed by atoms with van der Waals surface area (Å²) in [5.41, 5.74) is -1.07. The first-order chi connectivity index (χ1) is 7.02. The second kappa shape index (κ2) is 4.16. The maximum atomic E-state index is 10.9. The van der Waals surface area contributed by atoms with Crippen LogP contribution in [0.3, 0.4) is 0 Å². The maximum absolute atomic E-state index is 10.9. The van der Waals surface area contributed by atoms with E-state index < -0.39 is 23.5 Å². The third kappa shape index (κ3) is 2.18. The molecule has 0 aromatic heterocycles. The Hall–Kier alpha value is -1.78. The van der Waals surface area contributed by atoms with E-state index in [1.165, 1.54) is 18.4 Å². The molecular formula is C10H12O5. The highest BCUT2D eigenvalue weighted by Gasteiger charge is 2.43. The van der Waals surface area contributed by atoms with Crippen LogP contribution in [0.15, 0.2) is 24.5 Å². The van der Waals surface area contributed by atoms with Crippen LogP contribution in [0.1, 0.15) is 13.3 Å². The van der Waals surface area contributed by atoms with E-state index in [0.29, 0.717) is 6.42 Å². The second-order valence-electron chi connectivity index (χ2n) is 3.24. The number of hydrogen-bond donors (Lipinski definition) is 2. The van der Waals surface area contributed by atoms with Crippen molar-refractivity contribution in [2.75, 3.05) is 0 Å². The summed E-state index contributed by atoms with van der Waals surface area (Å²) in [4.78, 5) is 21.3. The molecule has 2 N–H and O–H groups in total. The quantitative estimate of drug-likeness (QED) is 0.679. The van der Waals surface area contributed by atoms with Crippen molar-refractivity contribution < 1.29 is 24.5 Å². The average Bonchev–Trinajstić information content (AvgIpc) is 2.59. The van der Waals surface area contributed by atoms with E-state index >= 15 is 0 Å². The van der Waals surface area contributed by atoms with Gasteiger partial charge >= 0.3 is 11.9 Å². The first-order valence-electron chi connectivity index (χ1n) is 4.51. The van der Waals surface area contributed by atoms with Crippen molar-refractivity contribution in [1.82, 2.24) is 0 Å². The molecule has 0 amide bonds. The van der Waals surface area contributed by atoms with Crippen LogP contribution in [-0.4, -0.2) is 27.8 Å². The number of aliphatic carboxylic acids is 2. The molecule has 2 unspecified atom stereocenters. The van der Waals surface area contributed by atoms with Crippen LogP contribution < -0.4 is 0 Å². The molecule has 0 saturated heterocycles. The fraction of sp³-hybridized carbons (Fsp3) is 0.400. The summed E-state index contributed by atoms with van der Waals surface area (Å²) in [7, 11) is 0. The van der Waals surface area contributed by atoms with E-state index in [9.17, 15) is 9.59 Å². The van der Waals surface area contributed by atoms with Crippen molar-refractivity contribution in [3.8, 4) is 0 Å². The topological polar surface area (TPSA) is 83.8 Å². The lowest BCUT2D eigenvalue weighted by molar-refractivity contribution is -0.145. The molecule has 15 heavy (non-hydrogen) atoms. The number of rotatable bonds is 4. The van der Waals surface area contributed by atoms with Gasteiger partial charge in [-0.2, -0.15) is 0 Å². The van der Waals surface area contributed by atoms with Gasteiger partial charge in [-0.25, -0.2) is 4.79 Å². The minimum absolute atomic E-state index is 0.390. The molecule has 1 aliphatic heterocycles. The summed E-state index contributed by atoms with van der Waals surface area (Å²) in [6, 6.07) is 0. The molecule has 1 heterocycles. The first-order valence-corrected chi connectivity index (χ1v) is 4.51. The summed E-state index contributed by atoms with van der Waals surface area (Å²) in [5, 5.41) is 17.4. The van der Waals surface area contributed by atoms with Gasteiger partial charge in [-0.15, -0.1) is 0 Å². The Morgan fingerprint density at radius 3 is 2.67 bits per heavy atom. The number of carboxylic acids is 2. The van der Waals surface area contributed by atoms with Gasteiger partial charge in [0.15, 0.2) is 0 Å². The molecule has 0 fully saturated rings. The van der Waals surface area contributed by atoms with E-state index in [0.717, 1.165) is 6.08 Å². The Bertz CT molecular complexity index is 331. The molecule has 5 nitrogen and oxygen atoms in total. The fourth-order valence-electron chi connectivity index (χ4n) is 1.55. The lowest BCUT2D eigenvalue weighted by Gasteiger charge is -2.27. The molecule has 2 atom stereocenters. The number of ether oxygens (including phenoxy) is 1. The van der Waals surface area contributed by atoms with E-state index in [4.69, 9.17) is 14.9 Å². The summed E-state index contributed by atoms with van der Waals surface area (Å²) in [6.07, 6.45) is 5.30. The van der Waals surface area contributed by atoms with Crippen LogP contribution in [0.25, 0.3) is 0 Å². The number of carboxylic acid groups (broad SMARTS) is 2. The number of carbonyl (C=O) groups is 2. The second-order valence-corrected chi connectivity index (χ2v) is 3.24. The standard InChI is InChI=1S/C10H12O5/c1-2-10(5-3-8(11)12)7(9(13)14)4-6-15-10/h3-7H,2H2,1H3,(H,11,12)(H,13,14).